The van der Waals surface area contributed by atoms with Crippen LogP contribution in [0, 0.1) is 0 Å². The van der Waals surface area contributed by atoms with Crippen molar-refractivity contribution in [1.82, 2.24) is 10.2 Å². The zero-order valence-corrected chi connectivity index (χ0v) is 22.2. The van der Waals surface area contributed by atoms with Crippen LogP contribution >= 0.6 is 39.1 Å². The molecule has 0 aliphatic rings. The normalized spacial score (nSPS) is 11.8. The molecule has 0 spiro atoms. The molecular formula is C27H27BrCl2N2O2. The topological polar surface area (TPSA) is 49.4 Å². The highest BCUT2D eigenvalue weighted by molar-refractivity contribution is 9.10. The highest BCUT2D eigenvalue weighted by Crippen LogP contribution is 2.24. The van der Waals surface area contributed by atoms with Gasteiger partial charge >= 0.3 is 0 Å². The van der Waals surface area contributed by atoms with Crippen molar-refractivity contribution < 1.29 is 9.59 Å². The van der Waals surface area contributed by atoms with Gasteiger partial charge in [0, 0.05) is 23.5 Å². The van der Waals surface area contributed by atoms with Crippen LogP contribution in [0.3, 0.4) is 0 Å². The van der Waals surface area contributed by atoms with Crippen molar-refractivity contribution in [2.75, 3.05) is 0 Å². The fourth-order valence-corrected chi connectivity index (χ4v) is 4.23. The Kier molecular flexibility index (Phi) is 9.57. The number of carbonyl (C=O) groups is 2. The predicted molar refractivity (Wildman–Crippen MR) is 142 cm³/mol. The number of rotatable bonds is 9. The molecule has 3 aromatic rings. The summed E-state index contributed by atoms with van der Waals surface area (Å²) in [5, 5.41) is 3.82. The van der Waals surface area contributed by atoms with Gasteiger partial charge in [0.05, 0.1) is 16.5 Å². The molecule has 0 saturated heterocycles. The van der Waals surface area contributed by atoms with Crippen molar-refractivity contribution in [3.8, 4) is 0 Å². The number of halogens is 3. The van der Waals surface area contributed by atoms with Gasteiger partial charge in [-0.25, -0.2) is 0 Å². The standard InChI is InChI=1S/C27H27BrCl2N2O2/c1-18(2)31-27(34)25(15-19-6-4-3-5-7-19)32(17-20-8-11-22(28)12-9-20)26(33)16-21-10-13-23(29)24(30)14-21/h3-14,18,25H,15-17H2,1-2H3,(H,31,34)/t25-/m1/s1. The van der Waals surface area contributed by atoms with Crippen LogP contribution in [-0.4, -0.2) is 28.8 Å². The van der Waals surface area contributed by atoms with Crippen LogP contribution < -0.4 is 5.32 Å². The van der Waals surface area contributed by atoms with E-state index in [1.54, 1.807) is 23.1 Å². The average molecular weight is 562 g/mol. The lowest BCUT2D eigenvalue weighted by atomic mass is 10.0. The maximum absolute atomic E-state index is 13.7. The lowest BCUT2D eigenvalue weighted by Crippen LogP contribution is -2.52. The van der Waals surface area contributed by atoms with E-state index in [1.807, 2.05) is 68.4 Å². The first-order valence-corrected chi connectivity index (χ1v) is 12.6. The number of carbonyl (C=O) groups excluding carboxylic acids is 2. The van der Waals surface area contributed by atoms with Crippen molar-refractivity contribution in [2.24, 2.45) is 0 Å². The fraction of sp³-hybridized carbons (Fsp3) is 0.259. The fourth-order valence-electron chi connectivity index (χ4n) is 3.65. The molecule has 0 aliphatic heterocycles. The summed E-state index contributed by atoms with van der Waals surface area (Å²) in [5.41, 5.74) is 2.65. The summed E-state index contributed by atoms with van der Waals surface area (Å²) in [6.07, 6.45) is 0.511. The molecule has 178 valence electrons. The Balaban J connectivity index is 1.97. The van der Waals surface area contributed by atoms with Crippen LogP contribution in [0.4, 0.5) is 0 Å². The maximum Gasteiger partial charge on any atom is 0.243 e. The zero-order valence-electron chi connectivity index (χ0n) is 19.1. The Hall–Kier alpha value is -2.34. The third-order valence-corrected chi connectivity index (χ3v) is 6.58. The van der Waals surface area contributed by atoms with Crippen molar-refractivity contribution in [1.29, 1.82) is 0 Å². The minimum absolute atomic E-state index is 0.0505. The summed E-state index contributed by atoms with van der Waals surface area (Å²) in [6, 6.07) is 21.9. The molecule has 0 saturated carbocycles. The smallest absolute Gasteiger partial charge is 0.243 e. The Morgan fingerprint density at radius 2 is 1.53 bits per heavy atom. The number of nitrogens with one attached hydrogen (secondary N) is 1. The average Bonchev–Trinajstić information content (AvgIpc) is 2.80. The predicted octanol–water partition coefficient (Wildman–Crippen LogP) is 6.46. The summed E-state index contributed by atoms with van der Waals surface area (Å²) < 4.78 is 0.948. The van der Waals surface area contributed by atoms with Gasteiger partial charge < -0.3 is 10.2 Å². The number of hydrogen-bond donors (Lipinski definition) is 1. The van der Waals surface area contributed by atoms with E-state index in [4.69, 9.17) is 23.2 Å². The first kappa shape index (κ1) is 26.3. The van der Waals surface area contributed by atoms with Crippen LogP contribution in [0.5, 0.6) is 0 Å². The van der Waals surface area contributed by atoms with E-state index in [2.05, 4.69) is 21.2 Å². The van der Waals surface area contributed by atoms with Crippen LogP contribution in [0.1, 0.15) is 30.5 Å². The van der Waals surface area contributed by atoms with Crippen LogP contribution in [0.2, 0.25) is 10.0 Å². The van der Waals surface area contributed by atoms with Crippen molar-refractivity contribution in [3.05, 3.63) is 104 Å². The van der Waals surface area contributed by atoms with E-state index in [0.717, 1.165) is 21.2 Å². The molecule has 4 nitrogen and oxygen atoms in total. The van der Waals surface area contributed by atoms with E-state index >= 15 is 0 Å². The summed E-state index contributed by atoms with van der Waals surface area (Å²) in [7, 11) is 0. The van der Waals surface area contributed by atoms with Crippen LogP contribution in [0.25, 0.3) is 0 Å². The molecule has 0 heterocycles. The summed E-state index contributed by atoms with van der Waals surface area (Å²) in [6.45, 7) is 4.12. The van der Waals surface area contributed by atoms with Crippen LogP contribution in [-0.2, 0) is 29.0 Å². The molecule has 0 aromatic heterocycles. The molecular weight excluding hydrogens is 535 g/mol. The largest absolute Gasteiger partial charge is 0.352 e. The highest BCUT2D eigenvalue weighted by atomic mass is 79.9. The van der Waals surface area contributed by atoms with Crippen molar-refractivity contribution >= 4 is 50.9 Å². The Morgan fingerprint density at radius 1 is 0.882 bits per heavy atom. The molecule has 1 N–H and O–H groups in total. The quantitative estimate of drug-likeness (QED) is 0.326. The first-order chi connectivity index (χ1) is 16.2. The van der Waals surface area contributed by atoms with Gasteiger partial charge in [-0.15, -0.1) is 0 Å². The van der Waals surface area contributed by atoms with Gasteiger partial charge in [-0.3, -0.25) is 9.59 Å². The Labute approximate surface area is 219 Å². The molecule has 3 rings (SSSR count). The second-order valence-electron chi connectivity index (χ2n) is 8.44. The van der Waals surface area contributed by atoms with Gasteiger partial charge in [-0.2, -0.15) is 0 Å². The van der Waals surface area contributed by atoms with Gasteiger partial charge in [-0.05, 0) is 54.8 Å². The molecule has 0 bridgehead atoms. The molecule has 0 unspecified atom stereocenters. The van der Waals surface area contributed by atoms with E-state index in [0.29, 0.717) is 23.0 Å². The minimum Gasteiger partial charge on any atom is -0.352 e. The zero-order chi connectivity index (χ0) is 24.7. The van der Waals surface area contributed by atoms with Gasteiger partial charge in [0.25, 0.3) is 0 Å². The lowest BCUT2D eigenvalue weighted by molar-refractivity contribution is -0.141. The Bertz CT molecular complexity index is 1120. The SMILES string of the molecule is CC(C)NC(=O)[C@@H](Cc1ccccc1)N(Cc1ccc(Br)cc1)C(=O)Cc1ccc(Cl)c(Cl)c1. The molecule has 34 heavy (non-hydrogen) atoms. The second kappa shape index (κ2) is 12.4. The lowest BCUT2D eigenvalue weighted by Gasteiger charge is -2.32. The van der Waals surface area contributed by atoms with Crippen LogP contribution in [0.15, 0.2) is 77.3 Å². The van der Waals surface area contributed by atoms with E-state index < -0.39 is 6.04 Å². The van der Waals surface area contributed by atoms with E-state index in [-0.39, 0.29) is 24.3 Å². The molecule has 0 aliphatic carbocycles. The number of benzene rings is 3. The van der Waals surface area contributed by atoms with Crippen molar-refractivity contribution in [3.63, 3.8) is 0 Å². The number of amides is 2. The first-order valence-electron chi connectivity index (χ1n) is 11.0. The molecule has 7 heteroatoms. The van der Waals surface area contributed by atoms with Gasteiger partial charge in [0.15, 0.2) is 0 Å². The summed E-state index contributed by atoms with van der Waals surface area (Å²) in [5.74, 6) is -0.348. The van der Waals surface area contributed by atoms with Gasteiger partial charge in [0.2, 0.25) is 11.8 Å². The molecule has 1 atom stereocenters. The molecule has 2 amide bonds. The van der Waals surface area contributed by atoms with E-state index in [1.165, 1.54) is 0 Å². The third-order valence-electron chi connectivity index (χ3n) is 5.31. The Morgan fingerprint density at radius 3 is 2.15 bits per heavy atom. The maximum atomic E-state index is 13.7. The summed E-state index contributed by atoms with van der Waals surface area (Å²) in [4.78, 5) is 28.7. The van der Waals surface area contributed by atoms with Gasteiger partial charge in [-0.1, -0.05) is 87.7 Å². The summed E-state index contributed by atoms with van der Waals surface area (Å²) >= 11 is 15.7. The third kappa shape index (κ3) is 7.59. The van der Waals surface area contributed by atoms with Crippen molar-refractivity contribution in [2.45, 2.75) is 45.3 Å². The highest BCUT2D eigenvalue weighted by Gasteiger charge is 2.30. The number of nitrogens with zero attached hydrogens (tertiary/aromatic N) is 1. The molecule has 0 radical (unpaired) electrons. The molecule has 3 aromatic carbocycles. The minimum atomic E-state index is -0.677. The molecule has 0 fully saturated rings. The van der Waals surface area contributed by atoms with E-state index in [9.17, 15) is 9.59 Å². The second-order valence-corrected chi connectivity index (χ2v) is 10.2. The number of hydrogen-bond acceptors (Lipinski definition) is 2. The monoisotopic (exact) mass is 560 g/mol. The van der Waals surface area contributed by atoms with Gasteiger partial charge in [0.1, 0.15) is 6.04 Å².